The molecule has 0 aliphatic carbocycles. The molecule has 2 atom stereocenters. The Morgan fingerprint density at radius 2 is 1.92 bits per heavy atom. The summed E-state index contributed by atoms with van der Waals surface area (Å²) >= 11 is 0. The Hall–Kier alpha value is -2.41. The van der Waals surface area contributed by atoms with Gasteiger partial charge in [0.15, 0.2) is 0 Å². The minimum atomic E-state index is -0.422. The Bertz CT molecular complexity index is 648. The Morgan fingerprint density at radius 3 is 2.54 bits per heavy atom. The number of nitrogens with zero attached hydrogens (tertiary/aromatic N) is 3. The molecule has 1 aromatic carbocycles. The lowest BCUT2D eigenvalue weighted by Gasteiger charge is -2.37. The number of urea groups is 1. The summed E-state index contributed by atoms with van der Waals surface area (Å²) < 4.78 is 5.93. The van der Waals surface area contributed by atoms with E-state index in [0.29, 0.717) is 13.1 Å². The van der Waals surface area contributed by atoms with Crippen molar-refractivity contribution in [3.63, 3.8) is 0 Å². The molecule has 128 valence electrons. The molecule has 0 N–H and O–H groups in total. The van der Waals surface area contributed by atoms with E-state index in [0.717, 1.165) is 10.5 Å². The van der Waals surface area contributed by atoms with Crippen LogP contribution in [0.1, 0.15) is 18.6 Å². The molecule has 2 heterocycles. The molecule has 0 saturated carbocycles. The van der Waals surface area contributed by atoms with Crippen LogP contribution < -0.4 is 0 Å². The molecule has 0 unspecified atom stereocenters. The van der Waals surface area contributed by atoms with Crippen LogP contribution in [-0.4, -0.2) is 71.9 Å². The van der Waals surface area contributed by atoms with Gasteiger partial charge >= 0.3 is 6.03 Å². The van der Waals surface area contributed by atoms with Crippen molar-refractivity contribution in [2.75, 3.05) is 33.2 Å². The number of ether oxygens (including phenoxy) is 1. The molecular formula is C17H21N3O4. The van der Waals surface area contributed by atoms with Crippen molar-refractivity contribution in [2.24, 2.45) is 0 Å². The SMILES string of the molecule is C[C@@H]1CN(C(=O)CN2C(=O)CN(C)C2=O)C[C@H](c2ccccc2)O1. The highest BCUT2D eigenvalue weighted by Crippen LogP contribution is 2.25. The molecule has 7 nitrogen and oxygen atoms in total. The first-order valence-electron chi connectivity index (χ1n) is 7.99. The molecule has 3 rings (SSSR count). The average Bonchev–Trinajstić information content (AvgIpc) is 2.81. The van der Waals surface area contributed by atoms with Gasteiger partial charge in [-0.05, 0) is 12.5 Å². The quantitative estimate of drug-likeness (QED) is 0.771. The molecule has 7 heteroatoms. The topological polar surface area (TPSA) is 70.2 Å². The first-order chi connectivity index (χ1) is 11.5. The second-order valence-corrected chi connectivity index (χ2v) is 6.26. The van der Waals surface area contributed by atoms with E-state index in [1.165, 1.54) is 4.90 Å². The van der Waals surface area contributed by atoms with Crippen molar-refractivity contribution in [3.05, 3.63) is 35.9 Å². The normalized spacial score (nSPS) is 24.7. The number of carbonyl (C=O) groups is 3. The number of imide groups is 1. The van der Waals surface area contributed by atoms with E-state index in [-0.39, 0.29) is 37.1 Å². The van der Waals surface area contributed by atoms with Gasteiger partial charge in [0.05, 0.1) is 12.6 Å². The van der Waals surface area contributed by atoms with Crippen LogP contribution in [0, 0.1) is 0 Å². The van der Waals surface area contributed by atoms with Gasteiger partial charge in [-0.3, -0.25) is 14.5 Å². The third-order valence-electron chi connectivity index (χ3n) is 4.31. The molecule has 24 heavy (non-hydrogen) atoms. The lowest BCUT2D eigenvalue weighted by Crippen LogP contribution is -2.50. The summed E-state index contributed by atoms with van der Waals surface area (Å²) in [6.07, 6.45) is -0.313. The van der Waals surface area contributed by atoms with Crippen molar-refractivity contribution in [2.45, 2.75) is 19.1 Å². The highest BCUT2D eigenvalue weighted by Gasteiger charge is 2.37. The van der Waals surface area contributed by atoms with Gasteiger partial charge < -0.3 is 14.5 Å². The van der Waals surface area contributed by atoms with E-state index in [2.05, 4.69) is 0 Å². The fourth-order valence-electron chi connectivity index (χ4n) is 3.07. The van der Waals surface area contributed by atoms with Crippen LogP contribution in [0.15, 0.2) is 30.3 Å². The largest absolute Gasteiger partial charge is 0.367 e. The average molecular weight is 331 g/mol. The van der Waals surface area contributed by atoms with E-state index in [9.17, 15) is 14.4 Å². The lowest BCUT2D eigenvalue weighted by molar-refractivity contribution is -0.147. The molecule has 1 aromatic rings. The fraction of sp³-hybridized carbons (Fsp3) is 0.471. The predicted molar refractivity (Wildman–Crippen MR) is 86.0 cm³/mol. The van der Waals surface area contributed by atoms with Gasteiger partial charge in [0.1, 0.15) is 19.2 Å². The Labute approximate surface area is 140 Å². The smallest absolute Gasteiger partial charge is 0.327 e. The maximum Gasteiger partial charge on any atom is 0.327 e. The Balaban J connectivity index is 1.68. The Kier molecular flexibility index (Phi) is 4.53. The highest BCUT2D eigenvalue weighted by molar-refractivity contribution is 6.04. The number of morpholine rings is 1. The molecule has 2 saturated heterocycles. The van der Waals surface area contributed by atoms with E-state index in [4.69, 9.17) is 4.74 Å². The van der Waals surface area contributed by atoms with Crippen molar-refractivity contribution in [1.29, 1.82) is 0 Å². The molecule has 0 radical (unpaired) electrons. The van der Waals surface area contributed by atoms with Crippen molar-refractivity contribution in [3.8, 4) is 0 Å². The number of carbonyl (C=O) groups excluding carboxylic acids is 3. The van der Waals surface area contributed by atoms with Gasteiger partial charge in [-0.25, -0.2) is 4.79 Å². The van der Waals surface area contributed by atoms with Crippen molar-refractivity contribution >= 4 is 17.8 Å². The minimum Gasteiger partial charge on any atom is -0.367 e. The van der Waals surface area contributed by atoms with E-state index >= 15 is 0 Å². The third kappa shape index (κ3) is 3.26. The predicted octanol–water partition coefficient (Wildman–Crippen LogP) is 0.869. The highest BCUT2D eigenvalue weighted by atomic mass is 16.5. The van der Waals surface area contributed by atoms with Crippen LogP contribution >= 0.6 is 0 Å². The minimum absolute atomic E-state index is 0.0261. The summed E-state index contributed by atoms with van der Waals surface area (Å²) in [5.41, 5.74) is 1.01. The molecule has 2 aliphatic rings. The summed E-state index contributed by atoms with van der Waals surface area (Å²) in [7, 11) is 1.55. The number of rotatable bonds is 3. The van der Waals surface area contributed by atoms with Gasteiger partial charge in [0.25, 0.3) is 5.91 Å². The van der Waals surface area contributed by atoms with Gasteiger partial charge in [-0.15, -0.1) is 0 Å². The van der Waals surface area contributed by atoms with Crippen molar-refractivity contribution < 1.29 is 19.1 Å². The van der Waals surface area contributed by atoms with Crippen LogP contribution in [-0.2, 0) is 14.3 Å². The molecular weight excluding hydrogens is 310 g/mol. The first kappa shape index (κ1) is 16.4. The second-order valence-electron chi connectivity index (χ2n) is 6.26. The molecule has 0 aromatic heterocycles. The second kappa shape index (κ2) is 6.60. The third-order valence-corrected chi connectivity index (χ3v) is 4.31. The van der Waals surface area contributed by atoms with Crippen LogP contribution in [0.3, 0.4) is 0 Å². The number of hydrogen-bond acceptors (Lipinski definition) is 4. The molecule has 0 spiro atoms. The van der Waals surface area contributed by atoms with Crippen LogP contribution in [0.5, 0.6) is 0 Å². The first-order valence-corrected chi connectivity index (χ1v) is 7.99. The van der Waals surface area contributed by atoms with Crippen LogP contribution in [0.4, 0.5) is 4.79 Å². The van der Waals surface area contributed by atoms with Gasteiger partial charge in [-0.2, -0.15) is 0 Å². The number of likely N-dealkylation sites (N-methyl/N-ethyl adjacent to an activating group) is 1. The van der Waals surface area contributed by atoms with E-state index in [1.807, 2.05) is 37.3 Å². The van der Waals surface area contributed by atoms with Gasteiger partial charge in [0.2, 0.25) is 5.91 Å². The molecule has 2 fully saturated rings. The van der Waals surface area contributed by atoms with Crippen LogP contribution in [0.25, 0.3) is 0 Å². The zero-order chi connectivity index (χ0) is 17.3. The molecule has 4 amide bonds. The van der Waals surface area contributed by atoms with Gasteiger partial charge in [-0.1, -0.05) is 30.3 Å². The number of amides is 4. The summed E-state index contributed by atoms with van der Waals surface area (Å²) in [5.74, 6) is -0.570. The monoisotopic (exact) mass is 331 g/mol. The summed E-state index contributed by atoms with van der Waals surface area (Å²) in [4.78, 5) is 40.3. The molecule has 0 bridgehead atoms. The molecule has 2 aliphatic heterocycles. The van der Waals surface area contributed by atoms with Crippen molar-refractivity contribution in [1.82, 2.24) is 14.7 Å². The Morgan fingerprint density at radius 1 is 1.21 bits per heavy atom. The maximum atomic E-state index is 12.6. The van der Waals surface area contributed by atoms with E-state index < -0.39 is 6.03 Å². The summed E-state index contributed by atoms with van der Waals surface area (Å²) in [5, 5.41) is 0. The van der Waals surface area contributed by atoms with Gasteiger partial charge in [0, 0.05) is 13.6 Å². The van der Waals surface area contributed by atoms with Crippen LogP contribution in [0.2, 0.25) is 0 Å². The summed E-state index contributed by atoms with van der Waals surface area (Å²) in [6, 6.07) is 9.30. The lowest BCUT2D eigenvalue weighted by atomic mass is 10.1. The fourth-order valence-corrected chi connectivity index (χ4v) is 3.07. The zero-order valence-corrected chi connectivity index (χ0v) is 13.8. The number of hydrogen-bond donors (Lipinski definition) is 0. The number of benzene rings is 1. The zero-order valence-electron chi connectivity index (χ0n) is 13.8. The maximum absolute atomic E-state index is 12.6. The summed E-state index contributed by atoms with van der Waals surface area (Å²) in [6.45, 7) is 2.59. The standard InChI is InChI=1S/C17H21N3O4/c1-12-8-19(9-14(24-12)13-6-4-3-5-7-13)15(21)11-20-16(22)10-18(2)17(20)23/h3-7,12,14H,8-11H2,1-2H3/t12-,14-/m1/s1. The van der Waals surface area contributed by atoms with E-state index in [1.54, 1.807) is 11.9 Å².